The Kier molecular flexibility index (Phi) is 24.9. The molecule has 0 aromatic rings. The number of rotatable bonds is 25. The predicted octanol–water partition coefficient (Wildman–Crippen LogP) is 7.67. The van der Waals surface area contributed by atoms with Crippen molar-refractivity contribution in [3.05, 3.63) is 48.6 Å². The second kappa shape index (κ2) is 26.2. The molecule has 1 atom stereocenters. The minimum atomic E-state index is -4.75. The molecule has 0 heterocycles. The van der Waals surface area contributed by atoms with Crippen molar-refractivity contribution in [3.63, 3.8) is 0 Å². The van der Waals surface area contributed by atoms with Gasteiger partial charge in [0.25, 0.3) is 0 Å². The summed E-state index contributed by atoms with van der Waals surface area (Å²) in [6.07, 6.45) is 28.7. The first-order chi connectivity index (χ1) is 18.8. The monoisotopic (exact) mass is 570 g/mol. The zero-order chi connectivity index (χ0) is 29.0. The van der Waals surface area contributed by atoms with Gasteiger partial charge in [0.05, 0.1) is 6.61 Å². The molecule has 224 valence electrons. The van der Waals surface area contributed by atoms with Crippen molar-refractivity contribution < 1.29 is 37.9 Å². The third-order valence-corrected chi connectivity index (χ3v) is 6.14. The average Bonchev–Trinajstić information content (AvgIpc) is 2.89. The Morgan fingerprint density at radius 1 is 0.692 bits per heavy atom. The summed E-state index contributed by atoms with van der Waals surface area (Å²) in [5.74, 6) is -0.981. The molecule has 0 aromatic carbocycles. The standard InChI is InChI=1S/C30H51O8P/c1-3-5-7-9-11-13-14-15-16-17-19-21-23-25-30(32)38-28(27-37-39(33,34)35)26-36-29(31)24-22-20-18-12-10-8-6-4-2/h5,7,9,11,13-14,18,20,28H,3-4,6,8,10,12,15-17,19,21-27H2,1-2H3,(H2,33,34,35)/b7-5+,11-9+,14-13+,20-18+. The molecule has 1 unspecified atom stereocenters. The zero-order valence-electron chi connectivity index (χ0n) is 24.0. The number of allylic oxidation sites excluding steroid dienone is 8. The molecule has 0 aliphatic carbocycles. The number of esters is 2. The van der Waals surface area contributed by atoms with Crippen LogP contribution < -0.4 is 0 Å². The van der Waals surface area contributed by atoms with Gasteiger partial charge in [0.15, 0.2) is 6.10 Å². The van der Waals surface area contributed by atoms with E-state index < -0.39 is 32.5 Å². The molecule has 0 spiro atoms. The Morgan fingerprint density at radius 2 is 1.31 bits per heavy atom. The lowest BCUT2D eigenvalue weighted by Gasteiger charge is -2.18. The van der Waals surface area contributed by atoms with E-state index in [0.717, 1.165) is 51.4 Å². The van der Waals surface area contributed by atoms with Crippen LogP contribution in [0.25, 0.3) is 0 Å². The first-order valence-corrected chi connectivity index (χ1v) is 16.0. The largest absolute Gasteiger partial charge is 0.469 e. The minimum Gasteiger partial charge on any atom is -0.462 e. The van der Waals surface area contributed by atoms with Gasteiger partial charge in [0, 0.05) is 12.8 Å². The lowest BCUT2D eigenvalue weighted by atomic mass is 10.1. The van der Waals surface area contributed by atoms with Crippen molar-refractivity contribution >= 4 is 19.8 Å². The maximum Gasteiger partial charge on any atom is 0.469 e. The van der Waals surface area contributed by atoms with Gasteiger partial charge in [0.2, 0.25) is 0 Å². The molecule has 0 saturated heterocycles. The first kappa shape index (κ1) is 37.0. The topological polar surface area (TPSA) is 119 Å². The Hall–Kier alpha value is -1.99. The van der Waals surface area contributed by atoms with Gasteiger partial charge in [0.1, 0.15) is 6.61 Å². The number of unbranched alkanes of at least 4 members (excludes halogenated alkanes) is 9. The minimum absolute atomic E-state index is 0.175. The highest BCUT2D eigenvalue weighted by atomic mass is 31.2. The Balaban J connectivity index is 4.18. The summed E-state index contributed by atoms with van der Waals surface area (Å²) in [7, 11) is -4.75. The highest BCUT2D eigenvalue weighted by Gasteiger charge is 2.22. The lowest BCUT2D eigenvalue weighted by molar-refractivity contribution is -0.161. The summed E-state index contributed by atoms with van der Waals surface area (Å²) in [5, 5.41) is 0. The number of phosphoric ester groups is 1. The molecule has 8 nitrogen and oxygen atoms in total. The van der Waals surface area contributed by atoms with E-state index in [4.69, 9.17) is 19.3 Å². The Bertz CT molecular complexity index is 782. The SMILES string of the molecule is CC/C=C/C=C/C=C/CCCCCCCC(=O)OC(COC(=O)CC/C=C/CCCCCC)COP(=O)(O)O. The van der Waals surface area contributed by atoms with Crippen molar-refractivity contribution in [2.75, 3.05) is 13.2 Å². The molecule has 0 amide bonds. The molecular weight excluding hydrogens is 519 g/mol. The summed E-state index contributed by atoms with van der Waals surface area (Å²) in [5.41, 5.74) is 0. The lowest BCUT2D eigenvalue weighted by Crippen LogP contribution is -2.29. The van der Waals surface area contributed by atoms with Gasteiger partial charge in [-0.1, -0.05) is 101 Å². The van der Waals surface area contributed by atoms with Crippen LogP contribution in [0.2, 0.25) is 0 Å². The predicted molar refractivity (Wildman–Crippen MR) is 156 cm³/mol. The van der Waals surface area contributed by atoms with E-state index in [1.807, 2.05) is 30.4 Å². The maximum atomic E-state index is 12.2. The number of carbonyl (C=O) groups is 2. The molecule has 2 N–H and O–H groups in total. The van der Waals surface area contributed by atoms with Crippen LogP contribution in [0.4, 0.5) is 0 Å². The maximum absolute atomic E-state index is 12.2. The highest BCUT2D eigenvalue weighted by molar-refractivity contribution is 7.46. The van der Waals surface area contributed by atoms with E-state index in [9.17, 15) is 14.2 Å². The zero-order valence-corrected chi connectivity index (χ0v) is 24.9. The van der Waals surface area contributed by atoms with Gasteiger partial charge in [-0.25, -0.2) is 4.57 Å². The molecule has 0 aliphatic rings. The second-order valence-corrected chi connectivity index (χ2v) is 10.6. The van der Waals surface area contributed by atoms with Gasteiger partial charge < -0.3 is 19.3 Å². The normalized spacial score (nSPS) is 13.2. The molecule has 0 rings (SSSR count). The summed E-state index contributed by atoms with van der Waals surface area (Å²) in [6.45, 7) is 3.39. The fourth-order valence-corrected chi connectivity index (χ4v) is 3.87. The van der Waals surface area contributed by atoms with E-state index in [0.29, 0.717) is 12.8 Å². The van der Waals surface area contributed by atoms with E-state index >= 15 is 0 Å². The van der Waals surface area contributed by atoms with Crippen LogP contribution in [0.3, 0.4) is 0 Å². The van der Waals surface area contributed by atoms with Crippen molar-refractivity contribution in [3.8, 4) is 0 Å². The third-order valence-electron chi connectivity index (χ3n) is 5.66. The number of ether oxygens (including phenoxy) is 2. The van der Waals surface area contributed by atoms with E-state index in [-0.39, 0.29) is 19.4 Å². The van der Waals surface area contributed by atoms with E-state index in [2.05, 4.69) is 36.6 Å². The van der Waals surface area contributed by atoms with Crippen LogP contribution in [-0.2, 0) is 28.2 Å². The van der Waals surface area contributed by atoms with Gasteiger partial charge in [-0.3, -0.25) is 14.1 Å². The first-order valence-electron chi connectivity index (χ1n) is 14.5. The van der Waals surface area contributed by atoms with Crippen molar-refractivity contribution in [2.24, 2.45) is 0 Å². The summed E-state index contributed by atoms with van der Waals surface area (Å²) < 4.78 is 26.0. The van der Waals surface area contributed by atoms with Crippen molar-refractivity contribution in [1.29, 1.82) is 0 Å². The Labute approximate surface area is 235 Å². The van der Waals surface area contributed by atoms with E-state index in [1.165, 1.54) is 19.3 Å². The van der Waals surface area contributed by atoms with Gasteiger partial charge in [-0.15, -0.1) is 0 Å². The van der Waals surface area contributed by atoms with Crippen LogP contribution in [-0.4, -0.2) is 41.0 Å². The third kappa shape index (κ3) is 28.8. The van der Waals surface area contributed by atoms with Gasteiger partial charge >= 0.3 is 19.8 Å². The van der Waals surface area contributed by atoms with Gasteiger partial charge in [-0.2, -0.15) is 0 Å². The summed E-state index contributed by atoms with van der Waals surface area (Å²) >= 11 is 0. The molecule has 9 heteroatoms. The molecule has 0 saturated carbocycles. The number of phosphoric acid groups is 1. The van der Waals surface area contributed by atoms with Crippen molar-refractivity contribution in [2.45, 2.75) is 116 Å². The van der Waals surface area contributed by atoms with Crippen LogP contribution in [0.15, 0.2) is 48.6 Å². The molecule has 0 fully saturated rings. The van der Waals surface area contributed by atoms with Crippen LogP contribution >= 0.6 is 7.82 Å². The Morgan fingerprint density at radius 3 is 2.00 bits per heavy atom. The number of hydrogen-bond donors (Lipinski definition) is 2. The van der Waals surface area contributed by atoms with Gasteiger partial charge in [-0.05, 0) is 44.9 Å². The van der Waals surface area contributed by atoms with Crippen LogP contribution in [0.1, 0.15) is 110 Å². The number of carbonyl (C=O) groups excluding carboxylic acids is 2. The van der Waals surface area contributed by atoms with Crippen LogP contribution in [0.5, 0.6) is 0 Å². The summed E-state index contributed by atoms with van der Waals surface area (Å²) in [6, 6.07) is 0. The quantitative estimate of drug-likeness (QED) is 0.0377. The molecule has 0 bridgehead atoms. The molecule has 39 heavy (non-hydrogen) atoms. The summed E-state index contributed by atoms with van der Waals surface area (Å²) in [4.78, 5) is 42.2. The van der Waals surface area contributed by atoms with Crippen molar-refractivity contribution in [1.82, 2.24) is 0 Å². The molecular formula is C30H51O8P. The highest BCUT2D eigenvalue weighted by Crippen LogP contribution is 2.35. The van der Waals surface area contributed by atoms with Crippen LogP contribution in [0, 0.1) is 0 Å². The molecule has 0 aliphatic heterocycles. The average molecular weight is 571 g/mol. The van der Waals surface area contributed by atoms with E-state index in [1.54, 1.807) is 0 Å². The fraction of sp³-hybridized carbons (Fsp3) is 0.667. The second-order valence-electron chi connectivity index (χ2n) is 9.40. The fourth-order valence-electron chi connectivity index (χ4n) is 3.50. The molecule has 0 radical (unpaired) electrons. The number of hydrogen-bond acceptors (Lipinski definition) is 6. The molecule has 0 aromatic heterocycles. The smallest absolute Gasteiger partial charge is 0.462 e.